The van der Waals surface area contributed by atoms with Gasteiger partial charge in [0.2, 0.25) is 5.91 Å². The van der Waals surface area contributed by atoms with Crippen molar-refractivity contribution in [3.63, 3.8) is 0 Å². The molecule has 2 aromatic rings. The lowest BCUT2D eigenvalue weighted by Crippen LogP contribution is -2.39. The van der Waals surface area contributed by atoms with E-state index in [-0.39, 0.29) is 24.8 Å². The van der Waals surface area contributed by atoms with Crippen LogP contribution in [0.25, 0.3) is 0 Å². The Morgan fingerprint density at radius 3 is 2.71 bits per heavy atom. The number of aliphatic hydroxyl groups is 1. The van der Waals surface area contributed by atoms with Gasteiger partial charge in [-0.2, -0.15) is 5.10 Å². The van der Waals surface area contributed by atoms with Gasteiger partial charge in [0.15, 0.2) is 0 Å². The molecular formula is C18H22FN3O2. The summed E-state index contributed by atoms with van der Waals surface area (Å²) < 4.78 is 15.5. The topological polar surface area (TPSA) is 58.4 Å². The number of nitrogens with zero attached hydrogens (tertiary/aromatic N) is 3. The molecule has 0 spiro atoms. The number of carbonyl (C=O) groups excluding carboxylic acids is 1. The van der Waals surface area contributed by atoms with Crippen LogP contribution in [0, 0.1) is 5.82 Å². The molecule has 1 saturated heterocycles. The minimum atomic E-state index is -0.325. The first-order valence-corrected chi connectivity index (χ1v) is 8.33. The van der Waals surface area contributed by atoms with Gasteiger partial charge in [0.05, 0.1) is 19.6 Å². The third-order valence-electron chi connectivity index (χ3n) is 4.63. The molecule has 2 heterocycles. The van der Waals surface area contributed by atoms with Crippen molar-refractivity contribution >= 4 is 5.91 Å². The average Bonchev–Trinajstić information content (AvgIpc) is 3.06. The monoisotopic (exact) mass is 331 g/mol. The second kappa shape index (κ2) is 7.57. The van der Waals surface area contributed by atoms with Crippen LogP contribution in [0.2, 0.25) is 0 Å². The van der Waals surface area contributed by atoms with Crippen molar-refractivity contribution in [1.82, 2.24) is 14.7 Å². The zero-order valence-corrected chi connectivity index (χ0v) is 13.6. The summed E-state index contributed by atoms with van der Waals surface area (Å²) in [4.78, 5) is 14.2. The van der Waals surface area contributed by atoms with E-state index in [0.717, 1.165) is 18.5 Å². The number of halogens is 1. The highest BCUT2D eigenvalue weighted by Gasteiger charge is 2.26. The molecule has 1 amide bonds. The molecule has 1 aliphatic rings. The van der Waals surface area contributed by atoms with Crippen LogP contribution < -0.4 is 0 Å². The van der Waals surface area contributed by atoms with E-state index in [1.165, 1.54) is 6.07 Å². The minimum absolute atomic E-state index is 0.0255. The Labute approximate surface area is 140 Å². The molecule has 5 nitrogen and oxygen atoms in total. The summed E-state index contributed by atoms with van der Waals surface area (Å²) in [6.07, 6.45) is 3.58. The number of amides is 1. The first-order valence-electron chi connectivity index (χ1n) is 8.33. The Hall–Kier alpha value is -2.21. The molecule has 1 aromatic carbocycles. The highest BCUT2D eigenvalue weighted by molar-refractivity contribution is 5.78. The first-order chi connectivity index (χ1) is 11.7. The smallest absolute Gasteiger partial charge is 0.227 e. The van der Waals surface area contributed by atoms with Crippen LogP contribution in [0.1, 0.15) is 30.0 Å². The van der Waals surface area contributed by atoms with Gasteiger partial charge >= 0.3 is 0 Å². The van der Waals surface area contributed by atoms with Gasteiger partial charge in [-0.25, -0.2) is 4.39 Å². The molecule has 0 atom stereocenters. The molecule has 3 rings (SSSR count). The molecule has 0 unspecified atom stereocenters. The minimum Gasteiger partial charge on any atom is -0.394 e. The Bertz CT molecular complexity index is 693. The van der Waals surface area contributed by atoms with E-state index in [1.54, 1.807) is 24.4 Å². The van der Waals surface area contributed by atoms with Gasteiger partial charge in [-0.15, -0.1) is 0 Å². The van der Waals surface area contributed by atoms with Crippen molar-refractivity contribution in [2.75, 3.05) is 19.7 Å². The molecule has 6 heteroatoms. The van der Waals surface area contributed by atoms with Crippen molar-refractivity contribution in [2.45, 2.75) is 31.7 Å². The van der Waals surface area contributed by atoms with Gasteiger partial charge < -0.3 is 10.0 Å². The van der Waals surface area contributed by atoms with Gasteiger partial charge in [-0.1, -0.05) is 18.2 Å². The first kappa shape index (κ1) is 16.6. The van der Waals surface area contributed by atoms with E-state index in [0.29, 0.717) is 31.1 Å². The van der Waals surface area contributed by atoms with Crippen molar-refractivity contribution in [1.29, 1.82) is 0 Å². The Morgan fingerprint density at radius 2 is 2.00 bits per heavy atom. The van der Waals surface area contributed by atoms with Crippen LogP contribution in [0.4, 0.5) is 4.39 Å². The third kappa shape index (κ3) is 3.64. The maximum Gasteiger partial charge on any atom is 0.227 e. The predicted octanol–water partition coefficient (Wildman–Crippen LogP) is 1.96. The largest absolute Gasteiger partial charge is 0.394 e. The number of benzene rings is 1. The third-order valence-corrected chi connectivity index (χ3v) is 4.63. The highest BCUT2D eigenvalue weighted by Crippen LogP contribution is 2.28. The van der Waals surface area contributed by atoms with Gasteiger partial charge in [0, 0.05) is 30.9 Å². The maximum atomic E-state index is 13.7. The summed E-state index contributed by atoms with van der Waals surface area (Å²) in [7, 11) is 0. The average molecular weight is 331 g/mol. The normalized spacial score (nSPS) is 15.7. The SMILES string of the molecule is O=C(Cc1ccccc1F)N1CCC(c2ccnn2CCO)CC1. The second-order valence-electron chi connectivity index (χ2n) is 6.13. The van der Waals surface area contributed by atoms with Crippen LogP contribution in [0.15, 0.2) is 36.5 Å². The number of aromatic nitrogens is 2. The van der Waals surface area contributed by atoms with E-state index in [2.05, 4.69) is 5.10 Å². The standard InChI is InChI=1S/C18H22FN3O2/c19-16-4-2-1-3-15(16)13-18(24)21-9-6-14(7-10-21)17-5-8-20-22(17)11-12-23/h1-5,8,14,23H,6-7,9-13H2. The number of hydrogen-bond acceptors (Lipinski definition) is 3. The molecule has 1 N–H and O–H groups in total. The number of carbonyl (C=O) groups is 1. The van der Waals surface area contributed by atoms with Crippen molar-refractivity contribution in [3.8, 4) is 0 Å². The van der Waals surface area contributed by atoms with E-state index in [1.807, 2.05) is 15.6 Å². The Morgan fingerprint density at radius 1 is 1.25 bits per heavy atom. The van der Waals surface area contributed by atoms with Gasteiger partial charge in [-0.3, -0.25) is 9.48 Å². The van der Waals surface area contributed by atoms with E-state index in [4.69, 9.17) is 5.11 Å². The fourth-order valence-electron chi connectivity index (χ4n) is 3.31. The van der Waals surface area contributed by atoms with Crippen LogP contribution in [-0.4, -0.2) is 45.4 Å². The molecule has 0 saturated carbocycles. The lowest BCUT2D eigenvalue weighted by Gasteiger charge is -2.32. The summed E-state index contributed by atoms with van der Waals surface area (Å²) in [6, 6.07) is 8.41. The number of piperidine rings is 1. The van der Waals surface area contributed by atoms with Crippen LogP contribution in [0.5, 0.6) is 0 Å². The summed E-state index contributed by atoms with van der Waals surface area (Å²) in [5.74, 6) is -0.00683. The summed E-state index contributed by atoms with van der Waals surface area (Å²) in [6.45, 7) is 1.90. The summed E-state index contributed by atoms with van der Waals surface area (Å²) in [5.41, 5.74) is 1.57. The lowest BCUT2D eigenvalue weighted by atomic mass is 9.93. The number of likely N-dealkylation sites (tertiary alicyclic amines) is 1. The maximum absolute atomic E-state index is 13.7. The molecule has 1 fully saturated rings. The molecule has 1 aromatic heterocycles. The quantitative estimate of drug-likeness (QED) is 0.911. The van der Waals surface area contributed by atoms with E-state index < -0.39 is 0 Å². The number of aliphatic hydroxyl groups excluding tert-OH is 1. The summed E-state index contributed by atoms with van der Waals surface area (Å²) >= 11 is 0. The number of rotatable bonds is 5. The van der Waals surface area contributed by atoms with Crippen LogP contribution in [-0.2, 0) is 17.8 Å². The lowest BCUT2D eigenvalue weighted by molar-refractivity contribution is -0.131. The fraction of sp³-hybridized carbons (Fsp3) is 0.444. The molecule has 128 valence electrons. The Balaban J connectivity index is 1.57. The molecule has 24 heavy (non-hydrogen) atoms. The van der Waals surface area contributed by atoms with Gasteiger partial charge in [0.25, 0.3) is 0 Å². The van der Waals surface area contributed by atoms with Crippen LogP contribution >= 0.6 is 0 Å². The molecule has 0 bridgehead atoms. The Kier molecular flexibility index (Phi) is 5.25. The van der Waals surface area contributed by atoms with E-state index in [9.17, 15) is 9.18 Å². The van der Waals surface area contributed by atoms with E-state index >= 15 is 0 Å². The van der Waals surface area contributed by atoms with Gasteiger partial charge in [-0.05, 0) is 30.5 Å². The van der Waals surface area contributed by atoms with Crippen molar-refractivity contribution in [3.05, 3.63) is 53.6 Å². The van der Waals surface area contributed by atoms with Crippen molar-refractivity contribution < 1.29 is 14.3 Å². The molecule has 1 aliphatic heterocycles. The van der Waals surface area contributed by atoms with Gasteiger partial charge in [0.1, 0.15) is 5.82 Å². The fourth-order valence-corrected chi connectivity index (χ4v) is 3.31. The number of hydrogen-bond donors (Lipinski definition) is 1. The summed E-state index contributed by atoms with van der Waals surface area (Å²) in [5, 5.41) is 13.3. The second-order valence-corrected chi connectivity index (χ2v) is 6.13. The van der Waals surface area contributed by atoms with Crippen LogP contribution in [0.3, 0.4) is 0 Å². The highest BCUT2D eigenvalue weighted by atomic mass is 19.1. The predicted molar refractivity (Wildman–Crippen MR) is 88.0 cm³/mol. The van der Waals surface area contributed by atoms with Crippen molar-refractivity contribution in [2.24, 2.45) is 0 Å². The molecular weight excluding hydrogens is 309 g/mol. The zero-order valence-electron chi connectivity index (χ0n) is 13.6. The zero-order chi connectivity index (χ0) is 16.9. The molecule has 0 radical (unpaired) electrons. The molecule has 0 aliphatic carbocycles.